The highest BCUT2D eigenvalue weighted by atomic mass is 16.6. The van der Waals surface area contributed by atoms with Gasteiger partial charge < -0.3 is 14.2 Å². The van der Waals surface area contributed by atoms with Crippen LogP contribution in [-0.2, 0) is 11.3 Å². The molecule has 0 unspecified atom stereocenters. The van der Waals surface area contributed by atoms with Crippen molar-refractivity contribution in [2.75, 3.05) is 52.6 Å². The Morgan fingerprint density at radius 2 is 1.72 bits per heavy atom. The van der Waals surface area contributed by atoms with Gasteiger partial charge in [0.1, 0.15) is 13.2 Å². The summed E-state index contributed by atoms with van der Waals surface area (Å²) in [6.07, 6.45) is 3.97. The number of benzene rings is 1. The van der Waals surface area contributed by atoms with Crippen LogP contribution in [0.1, 0.15) is 30.4 Å². The molecule has 0 radical (unpaired) electrons. The highest BCUT2D eigenvalue weighted by Gasteiger charge is 2.26. The van der Waals surface area contributed by atoms with E-state index in [1.54, 1.807) is 0 Å². The first-order chi connectivity index (χ1) is 12.3. The summed E-state index contributed by atoms with van der Waals surface area (Å²) in [6.45, 7) is 10.8. The fraction of sp³-hybridized carbons (Fsp3) is 0.700. The minimum absolute atomic E-state index is 0.652. The highest BCUT2D eigenvalue weighted by Crippen LogP contribution is 2.34. The lowest BCUT2D eigenvalue weighted by atomic mass is 9.99. The summed E-state index contributed by atoms with van der Waals surface area (Å²) >= 11 is 0. The molecular formula is C20H30N2O3. The third-order valence-corrected chi connectivity index (χ3v) is 5.70. The first kappa shape index (κ1) is 17.1. The van der Waals surface area contributed by atoms with Gasteiger partial charge >= 0.3 is 0 Å². The molecule has 0 spiro atoms. The van der Waals surface area contributed by atoms with Gasteiger partial charge in [-0.2, -0.15) is 0 Å². The third kappa shape index (κ3) is 4.10. The van der Waals surface area contributed by atoms with Crippen LogP contribution in [0.5, 0.6) is 11.5 Å². The van der Waals surface area contributed by atoms with E-state index in [0.717, 1.165) is 44.3 Å². The van der Waals surface area contributed by atoms with Gasteiger partial charge in [-0.15, -0.1) is 0 Å². The Bertz CT molecular complexity index is 587. The average Bonchev–Trinajstić information content (AvgIpc) is 2.65. The van der Waals surface area contributed by atoms with E-state index in [9.17, 15) is 0 Å². The predicted octanol–water partition coefficient (Wildman–Crippen LogP) is 2.45. The van der Waals surface area contributed by atoms with Crippen molar-refractivity contribution in [2.45, 2.75) is 38.8 Å². The Labute approximate surface area is 150 Å². The van der Waals surface area contributed by atoms with Crippen LogP contribution >= 0.6 is 0 Å². The number of hydrogen-bond acceptors (Lipinski definition) is 5. The second-order valence-electron chi connectivity index (χ2n) is 7.46. The van der Waals surface area contributed by atoms with Crippen molar-refractivity contribution in [3.05, 3.63) is 23.3 Å². The third-order valence-electron chi connectivity index (χ3n) is 5.70. The monoisotopic (exact) mass is 346 g/mol. The molecule has 1 atom stereocenters. The van der Waals surface area contributed by atoms with Crippen molar-refractivity contribution in [1.29, 1.82) is 0 Å². The molecule has 5 heteroatoms. The molecule has 0 bridgehead atoms. The molecule has 138 valence electrons. The lowest BCUT2D eigenvalue weighted by Crippen LogP contribution is -2.49. The lowest BCUT2D eigenvalue weighted by Gasteiger charge is -2.40. The number of hydrogen-bond donors (Lipinski definition) is 0. The number of ether oxygens (including phenoxy) is 3. The molecular weight excluding hydrogens is 316 g/mol. The number of nitrogens with zero attached hydrogens (tertiary/aromatic N) is 2. The van der Waals surface area contributed by atoms with Crippen LogP contribution < -0.4 is 9.47 Å². The summed E-state index contributed by atoms with van der Waals surface area (Å²) in [4.78, 5) is 5.25. The largest absolute Gasteiger partial charge is 0.486 e. The zero-order valence-electron chi connectivity index (χ0n) is 15.3. The van der Waals surface area contributed by atoms with Crippen molar-refractivity contribution in [2.24, 2.45) is 0 Å². The van der Waals surface area contributed by atoms with Crippen LogP contribution in [0.3, 0.4) is 0 Å². The predicted molar refractivity (Wildman–Crippen MR) is 97.5 cm³/mol. The molecule has 2 saturated heterocycles. The van der Waals surface area contributed by atoms with Gasteiger partial charge in [0, 0.05) is 32.2 Å². The molecule has 0 amide bonds. The summed E-state index contributed by atoms with van der Waals surface area (Å²) in [5.41, 5.74) is 2.68. The van der Waals surface area contributed by atoms with Gasteiger partial charge in [-0.25, -0.2) is 0 Å². The fourth-order valence-electron chi connectivity index (χ4n) is 4.18. The Morgan fingerprint density at radius 1 is 0.960 bits per heavy atom. The van der Waals surface area contributed by atoms with Crippen molar-refractivity contribution in [3.8, 4) is 11.5 Å². The van der Waals surface area contributed by atoms with Gasteiger partial charge in [0.05, 0.1) is 13.2 Å². The van der Waals surface area contributed by atoms with Crippen molar-refractivity contribution in [3.63, 3.8) is 0 Å². The summed E-state index contributed by atoms with van der Waals surface area (Å²) in [6, 6.07) is 4.99. The summed E-state index contributed by atoms with van der Waals surface area (Å²) < 4.78 is 17.0. The Morgan fingerprint density at radius 3 is 2.52 bits per heavy atom. The molecule has 0 saturated carbocycles. The van der Waals surface area contributed by atoms with Crippen LogP contribution in [0, 0.1) is 6.92 Å². The van der Waals surface area contributed by atoms with Crippen molar-refractivity contribution < 1.29 is 14.2 Å². The average molecular weight is 346 g/mol. The van der Waals surface area contributed by atoms with Crippen molar-refractivity contribution in [1.82, 2.24) is 9.80 Å². The van der Waals surface area contributed by atoms with Gasteiger partial charge in [0.2, 0.25) is 0 Å². The number of rotatable bonds is 4. The number of aryl methyl sites for hydroxylation is 1. The van der Waals surface area contributed by atoms with Crippen LogP contribution in [0.15, 0.2) is 12.1 Å². The smallest absolute Gasteiger partial charge is 0.161 e. The number of likely N-dealkylation sites (tertiary alicyclic amines) is 1. The maximum atomic E-state index is 5.79. The van der Waals surface area contributed by atoms with E-state index < -0.39 is 0 Å². The molecule has 3 aliphatic heterocycles. The van der Waals surface area contributed by atoms with E-state index in [0.29, 0.717) is 19.3 Å². The van der Waals surface area contributed by atoms with E-state index in [-0.39, 0.29) is 0 Å². The fourth-order valence-corrected chi connectivity index (χ4v) is 4.18. The highest BCUT2D eigenvalue weighted by molar-refractivity contribution is 5.47. The maximum absolute atomic E-state index is 5.79. The molecule has 5 nitrogen and oxygen atoms in total. The van der Waals surface area contributed by atoms with Crippen LogP contribution in [0.4, 0.5) is 0 Å². The van der Waals surface area contributed by atoms with Crippen molar-refractivity contribution >= 4 is 0 Å². The van der Waals surface area contributed by atoms with E-state index in [2.05, 4.69) is 28.9 Å². The zero-order valence-corrected chi connectivity index (χ0v) is 15.3. The van der Waals surface area contributed by atoms with E-state index in [1.807, 2.05) is 0 Å². The Balaban J connectivity index is 1.45. The SMILES string of the molecule is Cc1cc2c(cc1CN1CCCC[C@@H]1CN1CCOCC1)OCCO2. The Kier molecular flexibility index (Phi) is 5.44. The van der Waals surface area contributed by atoms with Crippen LogP contribution in [-0.4, -0.2) is 68.4 Å². The van der Waals surface area contributed by atoms with Gasteiger partial charge in [-0.3, -0.25) is 9.80 Å². The molecule has 0 N–H and O–H groups in total. The molecule has 1 aromatic carbocycles. The topological polar surface area (TPSA) is 34.2 Å². The Hall–Kier alpha value is -1.30. The molecule has 3 heterocycles. The molecule has 25 heavy (non-hydrogen) atoms. The van der Waals surface area contributed by atoms with E-state index >= 15 is 0 Å². The van der Waals surface area contributed by atoms with Crippen LogP contribution in [0.2, 0.25) is 0 Å². The molecule has 0 aromatic heterocycles. The summed E-state index contributed by atoms with van der Waals surface area (Å²) in [5, 5.41) is 0. The van der Waals surface area contributed by atoms with Gasteiger partial charge in [0.15, 0.2) is 11.5 Å². The molecule has 0 aliphatic carbocycles. The zero-order chi connectivity index (χ0) is 17.1. The normalized spacial score (nSPS) is 25.1. The molecule has 1 aromatic rings. The van der Waals surface area contributed by atoms with Gasteiger partial charge in [-0.1, -0.05) is 6.42 Å². The maximum Gasteiger partial charge on any atom is 0.161 e. The first-order valence-electron chi connectivity index (χ1n) is 9.73. The number of morpholine rings is 1. The quantitative estimate of drug-likeness (QED) is 0.837. The van der Waals surface area contributed by atoms with Crippen LogP contribution in [0.25, 0.3) is 0 Å². The lowest BCUT2D eigenvalue weighted by molar-refractivity contribution is 0.0152. The molecule has 3 aliphatic rings. The van der Waals surface area contributed by atoms with E-state index in [4.69, 9.17) is 14.2 Å². The second-order valence-corrected chi connectivity index (χ2v) is 7.46. The summed E-state index contributed by atoms with van der Waals surface area (Å²) in [5.74, 6) is 1.81. The van der Waals surface area contributed by atoms with E-state index in [1.165, 1.54) is 43.5 Å². The minimum Gasteiger partial charge on any atom is -0.486 e. The standard InChI is InChI=1S/C20H30N2O3/c1-16-12-19-20(25-11-10-24-19)13-17(16)14-22-5-3-2-4-18(22)15-21-6-8-23-9-7-21/h12-13,18H,2-11,14-15H2,1H3/t18-/m1/s1. The first-order valence-corrected chi connectivity index (χ1v) is 9.73. The molecule has 2 fully saturated rings. The number of piperidine rings is 1. The molecule has 4 rings (SSSR count). The number of fused-ring (bicyclic) bond motifs is 1. The van der Waals surface area contributed by atoms with Gasteiger partial charge in [-0.05, 0) is 49.6 Å². The summed E-state index contributed by atoms with van der Waals surface area (Å²) in [7, 11) is 0. The minimum atomic E-state index is 0.652. The van der Waals surface area contributed by atoms with Gasteiger partial charge in [0.25, 0.3) is 0 Å². The second kappa shape index (κ2) is 7.94.